The number of rotatable bonds is 4. The first-order chi connectivity index (χ1) is 13.4. The summed E-state index contributed by atoms with van der Waals surface area (Å²) >= 11 is 0. The van der Waals surface area contributed by atoms with Gasteiger partial charge in [-0.25, -0.2) is 18.4 Å². The Morgan fingerprint density at radius 2 is 1.68 bits per heavy atom. The normalized spacial score (nSPS) is 11.5. The van der Waals surface area contributed by atoms with E-state index < -0.39 is 9.84 Å². The van der Waals surface area contributed by atoms with Gasteiger partial charge in [-0.05, 0) is 24.3 Å². The number of nitrogens with zero attached hydrogens (tertiary/aromatic N) is 4. The third-order valence-electron chi connectivity index (χ3n) is 4.04. The van der Waals surface area contributed by atoms with Crippen LogP contribution in [0.4, 0.5) is 5.82 Å². The highest BCUT2D eigenvalue weighted by Crippen LogP contribution is 2.27. The minimum absolute atomic E-state index is 0. The van der Waals surface area contributed by atoms with Crippen molar-refractivity contribution < 1.29 is 14.4 Å². The summed E-state index contributed by atoms with van der Waals surface area (Å²) in [5.41, 5.74) is 8.22. The Kier molecular flexibility index (Phi) is 4.36. The summed E-state index contributed by atoms with van der Waals surface area (Å²) in [5.74, 6) is 0.732. The molecule has 0 radical (unpaired) electrons. The van der Waals surface area contributed by atoms with Gasteiger partial charge in [-0.2, -0.15) is 4.98 Å². The van der Waals surface area contributed by atoms with Gasteiger partial charge in [-0.15, -0.1) is 0 Å². The molecule has 2 heterocycles. The highest BCUT2D eigenvalue weighted by atomic mass is 32.2. The van der Waals surface area contributed by atoms with Crippen molar-refractivity contribution in [3.05, 3.63) is 60.8 Å². The molecule has 28 heavy (non-hydrogen) atoms. The van der Waals surface area contributed by atoms with Crippen molar-refractivity contribution in [2.45, 2.75) is 4.90 Å². The molecule has 0 bridgehead atoms. The summed E-state index contributed by atoms with van der Waals surface area (Å²) in [6.45, 7) is 0. The number of hydrogen-bond acceptors (Lipinski definition) is 8. The van der Waals surface area contributed by atoms with Gasteiger partial charge in [0.2, 0.25) is 5.82 Å². The molecule has 0 unspecified atom stereocenters. The molecule has 2 aromatic heterocycles. The minimum Gasteiger partial charge on any atom is -0.382 e. The first kappa shape index (κ1) is 17.8. The van der Waals surface area contributed by atoms with Crippen LogP contribution < -0.4 is 5.73 Å². The summed E-state index contributed by atoms with van der Waals surface area (Å²) in [7, 11) is -3.27. The zero-order chi connectivity index (χ0) is 19.7. The van der Waals surface area contributed by atoms with Crippen LogP contribution in [0, 0.1) is 0 Å². The Labute approximate surface area is 162 Å². The highest BCUT2D eigenvalue weighted by molar-refractivity contribution is 7.90. The van der Waals surface area contributed by atoms with Crippen molar-refractivity contribution in [1.82, 2.24) is 20.1 Å². The third kappa shape index (κ3) is 3.47. The summed E-state index contributed by atoms with van der Waals surface area (Å²) in [6, 6.07) is 15.7. The number of anilines is 1. The maximum absolute atomic E-state index is 11.6. The molecule has 142 valence electrons. The molecule has 4 aromatic rings. The Balaban J connectivity index is 0.00000240. The van der Waals surface area contributed by atoms with E-state index >= 15 is 0 Å². The van der Waals surface area contributed by atoms with Gasteiger partial charge in [0.05, 0.1) is 16.8 Å². The molecule has 4 rings (SSSR count). The van der Waals surface area contributed by atoms with E-state index in [1.807, 2.05) is 30.3 Å². The van der Waals surface area contributed by atoms with Crippen LogP contribution >= 0.6 is 0 Å². The second kappa shape index (κ2) is 6.86. The molecule has 2 aromatic carbocycles. The smallest absolute Gasteiger partial charge is 0.258 e. The maximum atomic E-state index is 11.6. The Bertz CT molecular complexity index is 1240. The molecule has 8 nitrogen and oxygen atoms in total. The lowest BCUT2D eigenvalue weighted by Crippen LogP contribution is -2.00. The number of hydrogen-bond donors (Lipinski definition) is 1. The van der Waals surface area contributed by atoms with Crippen molar-refractivity contribution in [3.8, 4) is 34.2 Å². The predicted molar refractivity (Wildman–Crippen MR) is 106 cm³/mol. The molecule has 0 atom stereocenters. The lowest BCUT2D eigenvalue weighted by Gasteiger charge is -2.05. The van der Waals surface area contributed by atoms with Crippen LogP contribution in [0.5, 0.6) is 0 Å². The summed E-state index contributed by atoms with van der Waals surface area (Å²) in [6.07, 6.45) is 2.66. The zero-order valence-electron chi connectivity index (χ0n) is 14.8. The van der Waals surface area contributed by atoms with E-state index in [-0.39, 0.29) is 23.7 Å². The lowest BCUT2D eigenvalue weighted by molar-refractivity contribution is 0.432. The van der Waals surface area contributed by atoms with Gasteiger partial charge in [0.25, 0.3) is 5.89 Å². The quantitative estimate of drug-likeness (QED) is 0.559. The molecule has 0 saturated carbocycles. The average Bonchev–Trinajstić information content (AvgIpc) is 3.18. The standard InChI is InChI=1S/C19H15N5O3S.H2/c1-28(25,26)14-9-7-12(8-10-14)15-11-21-17(20)16(22-15)18-23-19(27-24-18)13-5-3-2-4-6-13;/h2-11H,1H3,(H2,20,21);1H. The van der Waals surface area contributed by atoms with Gasteiger partial charge < -0.3 is 10.3 Å². The number of nitrogens with two attached hydrogens (primary N) is 1. The first-order valence-electron chi connectivity index (χ1n) is 8.24. The van der Waals surface area contributed by atoms with E-state index in [0.29, 0.717) is 17.1 Å². The second-order valence-electron chi connectivity index (χ2n) is 6.07. The van der Waals surface area contributed by atoms with Crippen molar-refractivity contribution in [3.63, 3.8) is 0 Å². The van der Waals surface area contributed by atoms with Crippen molar-refractivity contribution in [1.29, 1.82) is 0 Å². The van der Waals surface area contributed by atoms with E-state index in [4.69, 9.17) is 10.3 Å². The van der Waals surface area contributed by atoms with Gasteiger partial charge >= 0.3 is 0 Å². The van der Waals surface area contributed by atoms with Gasteiger partial charge in [0.15, 0.2) is 21.3 Å². The van der Waals surface area contributed by atoms with Crippen LogP contribution in [0.1, 0.15) is 1.43 Å². The fraction of sp³-hybridized carbons (Fsp3) is 0.0526. The maximum Gasteiger partial charge on any atom is 0.258 e. The number of sulfone groups is 1. The van der Waals surface area contributed by atoms with Gasteiger partial charge in [-0.1, -0.05) is 35.5 Å². The van der Waals surface area contributed by atoms with E-state index in [1.54, 1.807) is 12.1 Å². The molecule has 2 N–H and O–H groups in total. The number of aromatic nitrogens is 4. The van der Waals surface area contributed by atoms with Crippen molar-refractivity contribution in [2.75, 3.05) is 12.0 Å². The largest absolute Gasteiger partial charge is 0.382 e. The predicted octanol–water partition coefficient (Wildman–Crippen LogP) is 3.09. The fourth-order valence-electron chi connectivity index (χ4n) is 2.59. The minimum atomic E-state index is -3.27. The molecule has 0 aliphatic rings. The molecule has 0 saturated heterocycles. The van der Waals surface area contributed by atoms with E-state index in [2.05, 4.69) is 20.1 Å². The van der Waals surface area contributed by atoms with Crippen LogP contribution in [0.15, 0.2) is 70.2 Å². The Hall–Kier alpha value is -3.59. The second-order valence-corrected chi connectivity index (χ2v) is 8.09. The van der Waals surface area contributed by atoms with E-state index in [0.717, 1.165) is 11.8 Å². The van der Waals surface area contributed by atoms with Crippen molar-refractivity contribution >= 4 is 15.7 Å². The topological polar surface area (TPSA) is 125 Å². The summed E-state index contributed by atoms with van der Waals surface area (Å²) in [5, 5.41) is 3.96. The van der Waals surface area contributed by atoms with Crippen LogP contribution in [-0.4, -0.2) is 34.8 Å². The van der Waals surface area contributed by atoms with Crippen LogP contribution in [0.25, 0.3) is 34.2 Å². The van der Waals surface area contributed by atoms with Crippen LogP contribution in [-0.2, 0) is 9.84 Å². The average molecular weight is 395 g/mol. The van der Waals surface area contributed by atoms with Crippen molar-refractivity contribution in [2.24, 2.45) is 0 Å². The van der Waals surface area contributed by atoms with Gasteiger partial charge in [0, 0.05) is 18.8 Å². The Morgan fingerprint density at radius 3 is 2.36 bits per heavy atom. The van der Waals surface area contributed by atoms with E-state index in [9.17, 15) is 8.42 Å². The van der Waals surface area contributed by atoms with Crippen LogP contribution in [0.3, 0.4) is 0 Å². The molecule has 0 aliphatic heterocycles. The monoisotopic (exact) mass is 395 g/mol. The SMILES string of the molecule is CS(=O)(=O)c1ccc(-c2cnc(N)c(-c3noc(-c4ccccc4)n3)n2)cc1.[HH]. The molecule has 9 heteroatoms. The third-order valence-corrected chi connectivity index (χ3v) is 5.17. The highest BCUT2D eigenvalue weighted by Gasteiger charge is 2.17. The summed E-state index contributed by atoms with van der Waals surface area (Å²) in [4.78, 5) is 13.2. The van der Waals surface area contributed by atoms with Gasteiger partial charge in [0.1, 0.15) is 0 Å². The summed E-state index contributed by atoms with van der Waals surface area (Å²) < 4.78 is 28.5. The lowest BCUT2D eigenvalue weighted by atomic mass is 10.1. The molecule has 0 aliphatic carbocycles. The first-order valence-corrected chi connectivity index (χ1v) is 10.1. The zero-order valence-corrected chi connectivity index (χ0v) is 15.6. The molecule has 0 spiro atoms. The van der Waals surface area contributed by atoms with Gasteiger partial charge in [-0.3, -0.25) is 0 Å². The molecular formula is C19H17N5O3S. The fourth-order valence-corrected chi connectivity index (χ4v) is 3.22. The number of nitrogen functional groups attached to an aromatic ring is 1. The molecule has 0 fully saturated rings. The molecule has 0 amide bonds. The molecular weight excluding hydrogens is 378 g/mol. The van der Waals surface area contributed by atoms with E-state index in [1.165, 1.54) is 18.3 Å². The number of benzene rings is 2. The Morgan fingerprint density at radius 1 is 0.964 bits per heavy atom. The van der Waals surface area contributed by atoms with Crippen LogP contribution in [0.2, 0.25) is 0 Å².